The van der Waals surface area contributed by atoms with Gasteiger partial charge < -0.3 is 15.8 Å². The number of hydrogen-bond donors (Lipinski definition) is 2. The number of aryl methyl sites for hydroxylation is 1. The van der Waals surface area contributed by atoms with Crippen LogP contribution in [0.5, 0.6) is 0 Å². The number of ether oxygens (including phenoxy) is 1. The second-order valence-electron chi connectivity index (χ2n) is 7.08. The van der Waals surface area contributed by atoms with Crippen LogP contribution in [-0.2, 0) is 24.2 Å². The van der Waals surface area contributed by atoms with Crippen LogP contribution in [0.2, 0.25) is 0 Å². The van der Waals surface area contributed by atoms with Crippen molar-refractivity contribution in [2.24, 2.45) is 5.92 Å². The summed E-state index contributed by atoms with van der Waals surface area (Å²) in [5.41, 5.74) is 7.90. The molecule has 0 unspecified atom stereocenters. The molecule has 0 spiro atoms. The molecule has 0 fully saturated rings. The van der Waals surface area contributed by atoms with Crippen LogP contribution >= 0.6 is 11.3 Å². The maximum absolute atomic E-state index is 12.5. The molecular formula is C21H23N5O2S. The highest BCUT2D eigenvalue weighted by Crippen LogP contribution is 2.33. The standard InChI is InChI=1S/C21H23N5O2S/c1-2-13-8-9-16-14(10-13)11-17(29-16)19(27)28-12-18-24-20(22)26-21(25-18)23-15-6-4-3-5-7-15/h3-7,11,13H,2,8-10,12H2,1H3,(H3,22,23,24,25,26)/t13-/m1/s1. The smallest absolute Gasteiger partial charge is 0.348 e. The van der Waals surface area contributed by atoms with E-state index in [1.165, 1.54) is 34.6 Å². The number of hydrogen-bond acceptors (Lipinski definition) is 8. The molecule has 0 aliphatic heterocycles. The number of esters is 1. The van der Waals surface area contributed by atoms with Crippen LogP contribution in [-0.4, -0.2) is 20.9 Å². The number of thiophene rings is 1. The summed E-state index contributed by atoms with van der Waals surface area (Å²) in [6, 6.07) is 11.5. The van der Waals surface area contributed by atoms with Crippen LogP contribution in [0.15, 0.2) is 36.4 Å². The van der Waals surface area contributed by atoms with Crippen molar-refractivity contribution in [3.8, 4) is 0 Å². The van der Waals surface area contributed by atoms with E-state index in [9.17, 15) is 4.79 Å². The molecule has 29 heavy (non-hydrogen) atoms. The van der Waals surface area contributed by atoms with Crippen molar-refractivity contribution in [2.75, 3.05) is 11.1 Å². The van der Waals surface area contributed by atoms with E-state index in [-0.39, 0.29) is 18.5 Å². The number of nitrogen functional groups attached to an aromatic ring is 1. The number of carbonyl (C=O) groups excluding carboxylic acids is 1. The van der Waals surface area contributed by atoms with Crippen molar-refractivity contribution in [2.45, 2.75) is 39.2 Å². The van der Waals surface area contributed by atoms with Gasteiger partial charge in [-0.05, 0) is 48.9 Å². The highest BCUT2D eigenvalue weighted by atomic mass is 32.1. The van der Waals surface area contributed by atoms with Crippen LogP contribution in [0.4, 0.5) is 17.6 Å². The monoisotopic (exact) mass is 409 g/mol. The zero-order valence-corrected chi connectivity index (χ0v) is 17.0. The first kappa shape index (κ1) is 19.3. The van der Waals surface area contributed by atoms with Crippen LogP contribution in [0, 0.1) is 5.92 Å². The van der Waals surface area contributed by atoms with E-state index in [4.69, 9.17) is 10.5 Å². The van der Waals surface area contributed by atoms with Gasteiger partial charge in [0.15, 0.2) is 12.4 Å². The number of carbonyl (C=O) groups is 1. The molecule has 2 aromatic heterocycles. The third-order valence-electron chi connectivity index (χ3n) is 5.02. The second-order valence-corrected chi connectivity index (χ2v) is 8.21. The second kappa shape index (κ2) is 8.57. The lowest BCUT2D eigenvalue weighted by molar-refractivity contribution is 0.0468. The van der Waals surface area contributed by atoms with E-state index in [2.05, 4.69) is 27.2 Å². The van der Waals surface area contributed by atoms with E-state index in [1.807, 2.05) is 36.4 Å². The average Bonchev–Trinajstić information content (AvgIpc) is 3.15. The molecule has 1 aliphatic carbocycles. The summed E-state index contributed by atoms with van der Waals surface area (Å²) in [4.78, 5) is 26.9. The molecule has 4 rings (SSSR count). The number of aromatic nitrogens is 3. The molecule has 0 saturated heterocycles. The van der Waals surface area contributed by atoms with Crippen LogP contribution in [0.3, 0.4) is 0 Å². The van der Waals surface area contributed by atoms with Gasteiger partial charge in [0.2, 0.25) is 11.9 Å². The molecule has 0 saturated carbocycles. The van der Waals surface area contributed by atoms with Gasteiger partial charge in [-0.25, -0.2) is 4.79 Å². The van der Waals surface area contributed by atoms with E-state index in [1.54, 1.807) is 0 Å². The molecule has 0 amide bonds. The number of benzene rings is 1. The van der Waals surface area contributed by atoms with Crippen molar-refractivity contribution < 1.29 is 9.53 Å². The number of nitrogens with two attached hydrogens (primary N) is 1. The Hall–Kier alpha value is -3.00. The fourth-order valence-corrected chi connectivity index (χ4v) is 4.56. The molecule has 2 heterocycles. The zero-order chi connectivity index (χ0) is 20.2. The minimum atomic E-state index is -0.353. The summed E-state index contributed by atoms with van der Waals surface area (Å²) in [5.74, 6) is 1.05. The summed E-state index contributed by atoms with van der Waals surface area (Å²) >= 11 is 1.53. The number of fused-ring (bicyclic) bond motifs is 1. The summed E-state index contributed by atoms with van der Waals surface area (Å²) in [7, 11) is 0. The maximum Gasteiger partial charge on any atom is 0.348 e. The molecule has 150 valence electrons. The van der Waals surface area contributed by atoms with Gasteiger partial charge in [-0.3, -0.25) is 0 Å². The Morgan fingerprint density at radius 2 is 2.10 bits per heavy atom. The zero-order valence-electron chi connectivity index (χ0n) is 16.2. The maximum atomic E-state index is 12.5. The average molecular weight is 410 g/mol. The first-order valence-corrected chi connectivity index (χ1v) is 10.5. The summed E-state index contributed by atoms with van der Waals surface area (Å²) in [6.07, 6.45) is 4.47. The Balaban J connectivity index is 1.41. The molecule has 0 bridgehead atoms. The van der Waals surface area contributed by atoms with Gasteiger partial charge in [0, 0.05) is 10.6 Å². The topological polar surface area (TPSA) is 103 Å². The Morgan fingerprint density at radius 1 is 1.28 bits per heavy atom. The first-order chi connectivity index (χ1) is 14.1. The highest BCUT2D eigenvalue weighted by Gasteiger charge is 2.22. The van der Waals surface area contributed by atoms with Crippen molar-refractivity contribution in [3.05, 3.63) is 57.5 Å². The predicted molar refractivity (Wildman–Crippen MR) is 113 cm³/mol. The Bertz CT molecular complexity index is 1010. The van der Waals surface area contributed by atoms with Crippen LogP contribution in [0.1, 0.15) is 45.7 Å². The Morgan fingerprint density at radius 3 is 2.90 bits per heavy atom. The van der Waals surface area contributed by atoms with Crippen molar-refractivity contribution >= 4 is 34.9 Å². The molecule has 3 aromatic rings. The molecule has 1 aromatic carbocycles. The Labute approximate surface area is 173 Å². The number of nitrogens with zero attached hydrogens (tertiary/aromatic N) is 3. The fraction of sp³-hybridized carbons (Fsp3) is 0.333. The van der Waals surface area contributed by atoms with Gasteiger partial charge in [0.1, 0.15) is 4.88 Å². The van der Waals surface area contributed by atoms with Crippen LogP contribution in [0.25, 0.3) is 0 Å². The van der Waals surface area contributed by atoms with E-state index < -0.39 is 0 Å². The van der Waals surface area contributed by atoms with Crippen LogP contribution < -0.4 is 11.1 Å². The van der Waals surface area contributed by atoms with Gasteiger partial charge in [-0.15, -0.1) is 11.3 Å². The van der Waals surface area contributed by atoms with Gasteiger partial charge >= 0.3 is 5.97 Å². The van der Waals surface area contributed by atoms with E-state index in [0.717, 1.165) is 18.5 Å². The number of anilines is 3. The van der Waals surface area contributed by atoms with Gasteiger partial charge in [-0.2, -0.15) is 15.0 Å². The van der Waals surface area contributed by atoms with Gasteiger partial charge in [-0.1, -0.05) is 31.5 Å². The lowest BCUT2D eigenvalue weighted by atomic mass is 9.87. The molecule has 1 aliphatic rings. The first-order valence-electron chi connectivity index (χ1n) is 9.72. The lowest BCUT2D eigenvalue weighted by Crippen LogP contribution is -2.11. The predicted octanol–water partition coefficient (Wildman–Crippen LogP) is 4.13. The number of para-hydroxylation sites is 1. The minimum Gasteiger partial charge on any atom is -0.453 e. The lowest BCUT2D eigenvalue weighted by Gasteiger charge is -2.19. The van der Waals surface area contributed by atoms with E-state index >= 15 is 0 Å². The molecule has 8 heteroatoms. The fourth-order valence-electron chi connectivity index (χ4n) is 3.46. The van der Waals surface area contributed by atoms with Gasteiger partial charge in [0.25, 0.3) is 0 Å². The molecule has 1 atom stereocenters. The SMILES string of the molecule is CC[C@@H]1CCc2sc(C(=O)OCc3nc(N)nc(Nc4ccccc4)n3)cc2C1. The number of rotatable bonds is 6. The molecular weight excluding hydrogens is 386 g/mol. The quantitative estimate of drug-likeness (QED) is 0.590. The molecule has 7 nitrogen and oxygen atoms in total. The van der Waals surface area contributed by atoms with Crippen molar-refractivity contribution in [1.29, 1.82) is 0 Å². The summed E-state index contributed by atoms with van der Waals surface area (Å²) in [5, 5.41) is 3.07. The highest BCUT2D eigenvalue weighted by molar-refractivity contribution is 7.14. The molecule has 0 radical (unpaired) electrons. The largest absolute Gasteiger partial charge is 0.453 e. The summed E-state index contributed by atoms with van der Waals surface area (Å²) < 4.78 is 5.44. The minimum absolute atomic E-state index is 0.0603. The van der Waals surface area contributed by atoms with E-state index in [0.29, 0.717) is 22.6 Å². The Kier molecular flexibility index (Phi) is 5.71. The summed E-state index contributed by atoms with van der Waals surface area (Å²) in [6.45, 7) is 2.16. The van der Waals surface area contributed by atoms with Crippen molar-refractivity contribution in [1.82, 2.24) is 15.0 Å². The molecule has 3 N–H and O–H groups in total. The third kappa shape index (κ3) is 4.71. The van der Waals surface area contributed by atoms with Crippen molar-refractivity contribution in [3.63, 3.8) is 0 Å². The number of nitrogens with one attached hydrogen (secondary N) is 1. The third-order valence-corrected chi connectivity index (χ3v) is 6.24. The van der Waals surface area contributed by atoms with Gasteiger partial charge in [0.05, 0.1) is 0 Å². The normalized spacial score (nSPS) is 15.6.